The molecular weight excluding hydrogens is 316 g/mol. The molecule has 6 heteroatoms. The van der Waals surface area contributed by atoms with Gasteiger partial charge in [-0.15, -0.1) is 11.3 Å². The maximum Gasteiger partial charge on any atom is 0.221 e. The lowest BCUT2D eigenvalue weighted by molar-refractivity contribution is -0.122. The number of aromatic nitrogens is 1. The molecule has 1 aromatic heterocycles. The molecule has 4 nitrogen and oxygen atoms in total. The van der Waals surface area contributed by atoms with Crippen LogP contribution in [0.2, 0.25) is 0 Å². The second-order valence-electron chi connectivity index (χ2n) is 5.57. The lowest BCUT2D eigenvalue weighted by Crippen LogP contribution is -2.45. The van der Waals surface area contributed by atoms with Gasteiger partial charge in [-0.3, -0.25) is 4.79 Å². The molecule has 3 rings (SSSR count). The van der Waals surface area contributed by atoms with Crippen LogP contribution in [0.15, 0.2) is 28.6 Å². The lowest BCUT2D eigenvalue weighted by atomic mass is 9.92. The molecule has 1 fully saturated rings. The number of thiazole rings is 1. The van der Waals surface area contributed by atoms with Crippen molar-refractivity contribution in [1.29, 1.82) is 0 Å². The van der Waals surface area contributed by atoms with Crippen LogP contribution in [0.25, 0.3) is 10.2 Å². The molecule has 1 aliphatic rings. The molecule has 1 saturated carbocycles. The highest BCUT2D eigenvalue weighted by Crippen LogP contribution is 2.29. The molecule has 1 aliphatic carbocycles. The van der Waals surface area contributed by atoms with E-state index >= 15 is 0 Å². The fraction of sp³-hybridized carbons (Fsp3) is 0.500. The molecule has 0 spiro atoms. The molecule has 0 radical (unpaired) electrons. The Balaban J connectivity index is 1.45. The third-order valence-electron chi connectivity index (χ3n) is 3.90. The zero-order chi connectivity index (χ0) is 15.4. The Kier molecular flexibility index (Phi) is 5.33. The van der Waals surface area contributed by atoms with Gasteiger partial charge in [-0.2, -0.15) is 0 Å². The van der Waals surface area contributed by atoms with E-state index in [1.165, 1.54) is 4.70 Å². The van der Waals surface area contributed by atoms with E-state index in [1.54, 1.807) is 23.1 Å². The van der Waals surface area contributed by atoms with E-state index in [0.29, 0.717) is 12.2 Å². The van der Waals surface area contributed by atoms with Crippen molar-refractivity contribution >= 4 is 39.2 Å². The van der Waals surface area contributed by atoms with E-state index in [2.05, 4.69) is 16.4 Å². The van der Waals surface area contributed by atoms with Gasteiger partial charge in [0.2, 0.25) is 5.91 Å². The van der Waals surface area contributed by atoms with Crippen LogP contribution in [0, 0.1) is 0 Å². The molecule has 1 amide bonds. The average molecular weight is 336 g/mol. The number of rotatable bonds is 5. The summed E-state index contributed by atoms with van der Waals surface area (Å²) in [5, 5.41) is 12.8. The van der Waals surface area contributed by atoms with Crippen LogP contribution in [-0.2, 0) is 4.79 Å². The highest BCUT2D eigenvalue weighted by molar-refractivity contribution is 8.01. The fourth-order valence-electron chi connectivity index (χ4n) is 2.70. The van der Waals surface area contributed by atoms with Crippen molar-refractivity contribution in [3.8, 4) is 0 Å². The minimum absolute atomic E-state index is 0.0274. The number of para-hydroxylation sites is 1. The van der Waals surface area contributed by atoms with Crippen molar-refractivity contribution in [1.82, 2.24) is 10.3 Å². The van der Waals surface area contributed by atoms with E-state index in [0.717, 1.165) is 35.5 Å². The third-order valence-corrected chi connectivity index (χ3v) is 6.09. The van der Waals surface area contributed by atoms with Crippen LogP contribution < -0.4 is 5.32 Å². The second-order valence-corrected chi connectivity index (χ2v) is 7.94. The van der Waals surface area contributed by atoms with Gasteiger partial charge in [-0.1, -0.05) is 36.7 Å². The minimum atomic E-state index is -0.380. The number of nitrogens with zero attached hydrogens (tertiary/aromatic N) is 1. The largest absolute Gasteiger partial charge is 0.391 e. The highest BCUT2D eigenvalue weighted by atomic mass is 32.2. The molecule has 2 unspecified atom stereocenters. The predicted octanol–water partition coefficient (Wildman–Crippen LogP) is 3.20. The van der Waals surface area contributed by atoms with Crippen molar-refractivity contribution < 1.29 is 9.90 Å². The zero-order valence-corrected chi connectivity index (χ0v) is 14.0. The van der Waals surface area contributed by atoms with Crippen molar-refractivity contribution in [2.24, 2.45) is 0 Å². The van der Waals surface area contributed by atoms with Crippen molar-refractivity contribution in [2.45, 2.75) is 48.6 Å². The van der Waals surface area contributed by atoms with Gasteiger partial charge in [0.05, 0.1) is 22.4 Å². The fourth-order valence-corrected chi connectivity index (χ4v) is 4.78. The van der Waals surface area contributed by atoms with Crippen LogP contribution in [-0.4, -0.2) is 33.9 Å². The topological polar surface area (TPSA) is 62.2 Å². The van der Waals surface area contributed by atoms with E-state index in [4.69, 9.17) is 0 Å². The molecular formula is C16H20N2O2S2. The van der Waals surface area contributed by atoms with Gasteiger partial charge in [0.25, 0.3) is 0 Å². The monoisotopic (exact) mass is 336 g/mol. The molecule has 1 heterocycles. The van der Waals surface area contributed by atoms with Gasteiger partial charge in [-0.05, 0) is 25.0 Å². The maximum atomic E-state index is 12.0. The van der Waals surface area contributed by atoms with Crippen molar-refractivity contribution in [3.63, 3.8) is 0 Å². The first kappa shape index (κ1) is 15.8. The lowest BCUT2D eigenvalue weighted by Gasteiger charge is -2.28. The summed E-state index contributed by atoms with van der Waals surface area (Å²) in [4.78, 5) is 16.5. The average Bonchev–Trinajstić information content (AvgIpc) is 2.92. The summed E-state index contributed by atoms with van der Waals surface area (Å²) in [7, 11) is 0. The normalized spacial score (nSPS) is 21.9. The van der Waals surface area contributed by atoms with Gasteiger partial charge in [0, 0.05) is 12.2 Å². The van der Waals surface area contributed by atoms with Crippen LogP contribution >= 0.6 is 23.1 Å². The highest BCUT2D eigenvalue weighted by Gasteiger charge is 2.24. The van der Waals surface area contributed by atoms with Crippen LogP contribution in [0.1, 0.15) is 32.1 Å². The second kappa shape index (κ2) is 7.44. The van der Waals surface area contributed by atoms with Crippen LogP contribution in [0.3, 0.4) is 0 Å². The number of aliphatic hydroxyl groups is 1. The zero-order valence-electron chi connectivity index (χ0n) is 12.3. The molecule has 0 bridgehead atoms. The number of amides is 1. The molecule has 0 saturated heterocycles. The number of benzene rings is 1. The van der Waals surface area contributed by atoms with Gasteiger partial charge in [-0.25, -0.2) is 4.98 Å². The van der Waals surface area contributed by atoms with Gasteiger partial charge >= 0.3 is 0 Å². The Morgan fingerprint density at radius 1 is 1.36 bits per heavy atom. The molecule has 22 heavy (non-hydrogen) atoms. The summed E-state index contributed by atoms with van der Waals surface area (Å²) in [6.45, 7) is 0. The predicted molar refractivity (Wildman–Crippen MR) is 91.4 cm³/mol. The number of hydrogen-bond donors (Lipinski definition) is 2. The number of aliphatic hydroxyl groups excluding tert-OH is 1. The Morgan fingerprint density at radius 2 is 2.18 bits per heavy atom. The number of carbonyl (C=O) groups excluding carboxylic acids is 1. The van der Waals surface area contributed by atoms with Gasteiger partial charge < -0.3 is 10.4 Å². The summed E-state index contributed by atoms with van der Waals surface area (Å²) in [6.07, 6.45) is 3.91. The Morgan fingerprint density at radius 3 is 3.00 bits per heavy atom. The summed E-state index contributed by atoms with van der Waals surface area (Å²) in [5.74, 6) is 0.744. The third kappa shape index (κ3) is 4.00. The number of nitrogens with one attached hydrogen (secondary N) is 1. The number of hydrogen-bond acceptors (Lipinski definition) is 5. The molecule has 2 atom stereocenters. The van der Waals surface area contributed by atoms with Crippen molar-refractivity contribution in [2.75, 3.05) is 5.75 Å². The number of thioether (sulfide) groups is 1. The number of fused-ring (bicyclic) bond motifs is 1. The van der Waals surface area contributed by atoms with E-state index in [1.807, 2.05) is 18.2 Å². The Hall–Kier alpha value is -1.11. The molecule has 2 N–H and O–H groups in total. The first-order valence-corrected chi connectivity index (χ1v) is 9.48. The number of carbonyl (C=O) groups is 1. The van der Waals surface area contributed by atoms with Gasteiger partial charge in [0.1, 0.15) is 0 Å². The first-order valence-electron chi connectivity index (χ1n) is 7.68. The quantitative estimate of drug-likeness (QED) is 0.823. The van der Waals surface area contributed by atoms with Crippen LogP contribution in [0.5, 0.6) is 0 Å². The Bertz CT molecular complexity index is 611. The summed E-state index contributed by atoms with van der Waals surface area (Å²) >= 11 is 3.29. The SMILES string of the molecule is O=C(CCSc1nc2ccccc2s1)NC1CCCCC1O. The summed E-state index contributed by atoms with van der Waals surface area (Å²) < 4.78 is 2.19. The van der Waals surface area contributed by atoms with Gasteiger partial charge in [0.15, 0.2) is 4.34 Å². The minimum Gasteiger partial charge on any atom is -0.391 e. The molecule has 0 aliphatic heterocycles. The van der Waals surface area contributed by atoms with Crippen molar-refractivity contribution in [3.05, 3.63) is 24.3 Å². The summed E-state index contributed by atoms with van der Waals surface area (Å²) in [6, 6.07) is 8.01. The molecule has 1 aromatic carbocycles. The first-order chi connectivity index (χ1) is 10.7. The Labute approximate surface area is 138 Å². The van der Waals surface area contributed by atoms with E-state index in [9.17, 15) is 9.90 Å². The smallest absolute Gasteiger partial charge is 0.221 e. The van der Waals surface area contributed by atoms with E-state index < -0.39 is 0 Å². The summed E-state index contributed by atoms with van der Waals surface area (Å²) in [5.41, 5.74) is 1.02. The molecule has 2 aromatic rings. The molecule has 118 valence electrons. The standard InChI is InChI=1S/C16H20N2O2S2/c19-13-7-3-1-5-11(13)17-15(20)9-10-21-16-18-12-6-2-4-8-14(12)22-16/h2,4,6,8,11,13,19H,1,3,5,7,9-10H2,(H,17,20). The van der Waals surface area contributed by atoms with Crippen LogP contribution in [0.4, 0.5) is 0 Å². The maximum absolute atomic E-state index is 12.0. The van der Waals surface area contributed by atoms with E-state index in [-0.39, 0.29) is 18.1 Å².